The van der Waals surface area contributed by atoms with Crippen LogP contribution in [-0.2, 0) is 57.6 Å². The summed E-state index contributed by atoms with van der Waals surface area (Å²) in [6.45, 7) is 12.6. The van der Waals surface area contributed by atoms with Gasteiger partial charge in [0.05, 0.1) is 36.6 Å². The molecule has 2 aliphatic carbocycles. The number of ether oxygens (including phenoxy) is 3. The van der Waals surface area contributed by atoms with Crippen molar-refractivity contribution in [3.8, 4) is 28.1 Å². The number of aromatic nitrogens is 2. The Labute approximate surface area is 440 Å². The maximum atomic E-state index is 15.1. The van der Waals surface area contributed by atoms with Crippen LogP contribution < -0.4 is 20.8 Å². The van der Waals surface area contributed by atoms with Crippen molar-refractivity contribution >= 4 is 46.5 Å². The Morgan fingerprint density at radius 2 is 1.72 bits per heavy atom. The largest absolute Gasteiger partial charge is 0.464 e. The van der Waals surface area contributed by atoms with Gasteiger partial charge in [0.25, 0.3) is 5.91 Å². The van der Waals surface area contributed by atoms with Crippen LogP contribution in [0.2, 0.25) is 0 Å². The molecule has 4 aromatic rings. The van der Waals surface area contributed by atoms with Crippen molar-refractivity contribution in [2.24, 2.45) is 23.2 Å². The number of aryl methyl sites for hydroxylation is 1. The average molecular weight is 1030 g/mol. The van der Waals surface area contributed by atoms with Crippen LogP contribution in [0.4, 0.5) is 0 Å². The van der Waals surface area contributed by atoms with Crippen LogP contribution in [0.25, 0.3) is 33.3 Å². The number of hydrogen-bond donors (Lipinski definition) is 3. The highest BCUT2D eigenvalue weighted by Crippen LogP contribution is 2.43. The molecule has 17 nitrogen and oxygen atoms in total. The van der Waals surface area contributed by atoms with Gasteiger partial charge in [0.1, 0.15) is 29.9 Å². The molecule has 9 rings (SSSR count). The maximum absolute atomic E-state index is 15.1. The quantitative estimate of drug-likeness (QED) is 0.0701. The van der Waals surface area contributed by atoms with E-state index in [4.69, 9.17) is 19.2 Å². The van der Waals surface area contributed by atoms with Gasteiger partial charge >= 0.3 is 11.9 Å². The second kappa shape index (κ2) is 22.2. The van der Waals surface area contributed by atoms with E-state index >= 15 is 9.59 Å². The van der Waals surface area contributed by atoms with Crippen LogP contribution in [0.3, 0.4) is 0 Å². The number of methoxy groups -OCH3 is 1. The number of rotatable bonds is 14. The van der Waals surface area contributed by atoms with E-state index in [1.807, 2.05) is 31.2 Å². The summed E-state index contributed by atoms with van der Waals surface area (Å²) < 4.78 is 20.4. The summed E-state index contributed by atoms with van der Waals surface area (Å²) in [7, 11) is 4.90. The fraction of sp³-hybridized carbons (Fsp3) is 0.569. The molecular formula is C58H76N8O9. The van der Waals surface area contributed by atoms with Gasteiger partial charge in [-0.2, -0.15) is 0 Å². The molecule has 402 valence electrons. The van der Waals surface area contributed by atoms with Crippen molar-refractivity contribution in [1.29, 1.82) is 0 Å². The molecule has 1 unspecified atom stereocenters. The summed E-state index contributed by atoms with van der Waals surface area (Å²) in [6, 6.07) is 12.7. The van der Waals surface area contributed by atoms with Gasteiger partial charge in [-0.25, -0.2) is 5.43 Å². The number of fused-ring (bicyclic) bond motifs is 6. The first-order valence-corrected chi connectivity index (χ1v) is 27.2. The van der Waals surface area contributed by atoms with Gasteiger partial charge < -0.3 is 33.9 Å². The highest BCUT2D eigenvalue weighted by atomic mass is 16.5. The molecule has 3 N–H and O–H groups in total. The molecule has 2 aromatic heterocycles. The van der Waals surface area contributed by atoms with E-state index in [0.29, 0.717) is 50.1 Å². The van der Waals surface area contributed by atoms with Crippen LogP contribution >= 0.6 is 0 Å². The minimum atomic E-state index is -1.20. The lowest BCUT2D eigenvalue weighted by Gasteiger charge is -2.37. The highest BCUT2D eigenvalue weighted by molar-refractivity contribution is 5.97. The summed E-state index contributed by atoms with van der Waals surface area (Å²) in [4.78, 5) is 92.9. The molecule has 5 heterocycles. The molecule has 2 aromatic carbocycles. The number of nitrogens with zero attached hydrogens (tertiary/aromatic N) is 5. The number of carbonyl (C=O) groups is 6. The lowest BCUT2D eigenvalue weighted by Crippen LogP contribution is -2.62. The number of carbonyl (C=O) groups excluding carboxylic acids is 6. The Bertz CT molecular complexity index is 2830. The Morgan fingerprint density at radius 3 is 2.43 bits per heavy atom. The predicted octanol–water partition coefficient (Wildman–Crippen LogP) is 6.53. The van der Waals surface area contributed by atoms with E-state index in [9.17, 15) is 19.2 Å². The molecule has 0 spiro atoms. The summed E-state index contributed by atoms with van der Waals surface area (Å²) >= 11 is 0. The predicted molar refractivity (Wildman–Crippen MR) is 284 cm³/mol. The van der Waals surface area contributed by atoms with Gasteiger partial charge in [-0.15, -0.1) is 0 Å². The standard InChI is InChI=1S/C58H76N8O9/c1-10-65-46-22-21-38-29-42(46)43(52(65)41-17-13-23-59-48(41)34(4)73-9)30-58(5,6)32-74-57(72)44-18-14-24-66(62-44)54(69)45(27-35-25-39(38)28-40(26-35)75-56(71)33(2)3)60-53(68)51(37-15-11-12-16-37)64(8)47(67)31-63(7)55(70)50-49(61-50)36-19-20-36/h13,17,21-23,25-26,28-29,33-34,36-37,44-45,49-51,61-62H,10-12,14-16,18-20,24,27,30-32H2,1-9H3,(H,60,68)/t34-,44-,45-,49+,50+,51?/m0/s1. The van der Waals surface area contributed by atoms with Gasteiger partial charge in [0.2, 0.25) is 17.7 Å². The smallest absolute Gasteiger partial charge is 0.324 e. The van der Waals surface area contributed by atoms with Crippen molar-refractivity contribution in [2.75, 3.05) is 40.9 Å². The number of hydrogen-bond acceptors (Lipinski definition) is 12. The molecule has 17 heteroatoms. The minimum absolute atomic E-state index is 0.0275. The zero-order chi connectivity index (χ0) is 53.5. The molecule has 2 saturated heterocycles. The number of amides is 4. The number of pyridine rings is 1. The molecule has 6 bridgehead atoms. The summed E-state index contributed by atoms with van der Waals surface area (Å²) in [5.74, 6) is -2.23. The number of hydrazine groups is 1. The lowest BCUT2D eigenvalue weighted by atomic mass is 9.84. The highest BCUT2D eigenvalue weighted by Gasteiger charge is 2.52. The van der Waals surface area contributed by atoms with Crippen molar-refractivity contribution in [2.45, 2.75) is 149 Å². The van der Waals surface area contributed by atoms with Crippen LogP contribution in [0.15, 0.2) is 54.7 Å². The number of nitrogens with one attached hydrogen (secondary N) is 3. The Kier molecular flexibility index (Phi) is 15.9. The van der Waals surface area contributed by atoms with Gasteiger partial charge in [-0.1, -0.05) is 52.7 Å². The first-order chi connectivity index (χ1) is 35.9. The van der Waals surface area contributed by atoms with E-state index in [-0.39, 0.29) is 67.8 Å². The number of benzene rings is 2. The SMILES string of the molecule is CCn1c(-c2cccnc2[C@H](C)OC)c2c3cc(ccc31)-c1cc(cc(OC(=O)C(C)C)c1)C[C@H](NC(=O)C(C1CCCC1)N(C)C(=O)CN(C)C(=O)[C@@H]1N[C@@H]1C1CC1)C(=O)N1CCC[C@H](N1)C(=O)OCC(C)(C)C2. The van der Waals surface area contributed by atoms with Crippen molar-refractivity contribution in [3.05, 3.63) is 71.5 Å². The van der Waals surface area contributed by atoms with Crippen LogP contribution in [0, 0.1) is 23.2 Å². The van der Waals surface area contributed by atoms with Crippen molar-refractivity contribution in [3.63, 3.8) is 0 Å². The lowest BCUT2D eigenvalue weighted by molar-refractivity contribution is -0.155. The zero-order valence-electron chi connectivity index (χ0n) is 45.2. The number of likely N-dealkylation sites (N-methyl/N-ethyl adjacent to an activating group) is 2. The Balaban J connectivity index is 1.13. The fourth-order valence-corrected chi connectivity index (χ4v) is 11.6. The molecular weight excluding hydrogens is 953 g/mol. The van der Waals surface area contributed by atoms with Gasteiger partial charge in [0.15, 0.2) is 0 Å². The third kappa shape index (κ3) is 11.7. The summed E-state index contributed by atoms with van der Waals surface area (Å²) in [6.07, 6.45) is 8.29. The van der Waals surface area contributed by atoms with Gasteiger partial charge in [0, 0.05) is 74.8 Å². The second-order valence-corrected chi connectivity index (χ2v) is 22.8. The van der Waals surface area contributed by atoms with Crippen LogP contribution in [0.5, 0.6) is 5.75 Å². The maximum Gasteiger partial charge on any atom is 0.324 e. The van der Waals surface area contributed by atoms with Crippen LogP contribution in [-0.4, -0.2) is 131 Å². The first kappa shape index (κ1) is 53.6. The number of cyclic esters (lactones) is 1. The molecule has 5 aliphatic rings. The molecule has 4 fully saturated rings. The van der Waals surface area contributed by atoms with Gasteiger partial charge in [-0.3, -0.25) is 44.1 Å². The van der Waals surface area contributed by atoms with E-state index in [0.717, 1.165) is 70.2 Å². The first-order valence-electron chi connectivity index (χ1n) is 27.2. The number of esters is 2. The van der Waals surface area contributed by atoms with E-state index in [1.165, 1.54) is 14.8 Å². The van der Waals surface area contributed by atoms with E-state index in [1.54, 1.807) is 47.3 Å². The van der Waals surface area contributed by atoms with Crippen LogP contribution in [0.1, 0.15) is 116 Å². The molecule has 0 radical (unpaired) electrons. The van der Waals surface area contributed by atoms with Crippen molar-refractivity contribution in [1.82, 2.24) is 40.4 Å². The average Bonchev–Trinajstić information content (AvgIpc) is 4.33. The minimum Gasteiger partial charge on any atom is -0.464 e. The van der Waals surface area contributed by atoms with Gasteiger partial charge in [-0.05, 0) is 129 Å². The molecule has 2 saturated carbocycles. The molecule has 6 atom stereocenters. The fourth-order valence-electron chi connectivity index (χ4n) is 11.6. The second-order valence-electron chi connectivity index (χ2n) is 22.8. The van der Waals surface area contributed by atoms with E-state index in [2.05, 4.69) is 59.6 Å². The molecule has 4 amide bonds. The third-order valence-electron chi connectivity index (χ3n) is 16.1. The molecule has 3 aliphatic heterocycles. The Hall–Kier alpha value is -6.17. The third-order valence-corrected chi connectivity index (χ3v) is 16.1. The monoisotopic (exact) mass is 1030 g/mol. The summed E-state index contributed by atoms with van der Waals surface area (Å²) in [5.41, 5.74) is 9.53. The van der Waals surface area contributed by atoms with E-state index < -0.39 is 53.2 Å². The normalized spacial score (nSPS) is 22.8. The van der Waals surface area contributed by atoms with Crippen molar-refractivity contribution < 1.29 is 43.0 Å². The molecule has 75 heavy (non-hydrogen) atoms. The summed E-state index contributed by atoms with van der Waals surface area (Å²) in [5, 5.41) is 8.79. The topological polar surface area (TPSA) is 204 Å². The Morgan fingerprint density at radius 1 is 0.960 bits per heavy atom. The zero-order valence-corrected chi connectivity index (χ0v) is 45.2.